The summed E-state index contributed by atoms with van der Waals surface area (Å²) in [6.07, 6.45) is 5.45. The van der Waals surface area contributed by atoms with Crippen molar-refractivity contribution in [1.29, 1.82) is 0 Å². The molecule has 0 bridgehead atoms. The van der Waals surface area contributed by atoms with Crippen molar-refractivity contribution in [2.45, 2.75) is 25.3 Å². The Hall–Kier alpha value is -3.48. The summed E-state index contributed by atoms with van der Waals surface area (Å²) >= 11 is 0. The standard InChI is InChI=1S/C22H23N5O2/c1-26(14-15-6-4-3-5-7-15)22(29)17-10-11-19(23-12-17)25-21(28)20-18(16-8-9-16)13-24-27(20)2/h3-7,10-13,16H,8-9,14H2,1-2H3,(H,23,25,28). The van der Waals surface area contributed by atoms with E-state index in [-0.39, 0.29) is 11.8 Å². The SMILES string of the molecule is CN(Cc1ccccc1)C(=O)c1ccc(NC(=O)c2c(C3CC3)cnn2C)nc1. The van der Waals surface area contributed by atoms with Crippen LogP contribution in [0.15, 0.2) is 54.9 Å². The average Bonchev–Trinajstić information content (AvgIpc) is 3.50. The minimum absolute atomic E-state index is 0.123. The number of hydrogen-bond donors (Lipinski definition) is 1. The van der Waals surface area contributed by atoms with Gasteiger partial charge in [-0.15, -0.1) is 0 Å². The molecule has 7 heteroatoms. The molecule has 1 aliphatic carbocycles. The van der Waals surface area contributed by atoms with Crippen LogP contribution in [-0.4, -0.2) is 38.5 Å². The molecule has 7 nitrogen and oxygen atoms in total. The molecule has 0 spiro atoms. The van der Waals surface area contributed by atoms with Gasteiger partial charge in [0, 0.05) is 32.4 Å². The van der Waals surface area contributed by atoms with E-state index in [1.54, 1.807) is 42.0 Å². The molecule has 1 aliphatic rings. The molecule has 0 unspecified atom stereocenters. The first-order chi connectivity index (χ1) is 14.0. The molecule has 29 heavy (non-hydrogen) atoms. The summed E-state index contributed by atoms with van der Waals surface area (Å²) in [6, 6.07) is 13.1. The van der Waals surface area contributed by atoms with E-state index >= 15 is 0 Å². The second-order valence-electron chi connectivity index (χ2n) is 7.38. The Kier molecular flexibility index (Phi) is 5.12. The van der Waals surface area contributed by atoms with Crippen molar-refractivity contribution in [2.75, 3.05) is 12.4 Å². The first-order valence-electron chi connectivity index (χ1n) is 9.61. The molecular formula is C22H23N5O2. The smallest absolute Gasteiger partial charge is 0.275 e. The van der Waals surface area contributed by atoms with E-state index in [1.165, 1.54) is 6.20 Å². The minimum atomic E-state index is -0.236. The molecule has 1 aromatic carbocycles. The molecule has 2 heterocycles. The summed E-state index contributed by atoms with van der Waals surface area (Å²) < 4.78 is 1.60. The number of benzene rings is 1. The third-order valence-corrected chi connectivity index (χ3v) is 5.06. The summed E-state index contributed by atoms with van der Waals surface area (Å²) in [5.74, 6) is 0.472. The number of pyridine rings is 1. The highest BCUT2D eigenvalue weighted by atomic mass is 16.2. The lowest BCUT2D eigenvalue weighted by molar-refractivity contribution is 0.0784. The summed E-state index contributed by atoms with van der Waals surface area (Å²) in [4.78, 5) is 31.2. The first kappa shape index (κ1) is 18.9. The summed E-state index contributed by atoms with van der Waals surface area (Å²) in [7, 11) is 3.52. The van der Waals surface area contributed by atoms with Gasteiger partial charge < -0.3 is 10.2 Å². The van der Waals surface area contributed by atoms with E-state index in [9.17, 15) is 9.59 Å². The molecule has 0 radical (unpaired) electrons. The Labute approximate surface area is 169 Å². The van der Waals surface area contributed by atoms with E-state index in [0.29, 0.717) is 29.5 Å². The fourth-order valence-corrected chi connectivity index (χ4v) is 3.34. The molecule has 2 aromatic heterocycles. The predicted octanol–water partition coefficient (Wildman–Crippen LogP) is 3.22. The molecule has 3 aromatic rings. The fraction of sp³-hybridized carbons (Fsp3) is 0.273. The van der Waals surface area contributed by atoms with E-state index in [4.69, 9.17) is 0 Å². The van der Waals surface area contributed by atoms with Gasteiger partial charge >= 0.3 is 0 Å². The number of nitrogens with one attached hydrogen (secondary N) is 1. The summed E-state index contributed by atoms with van der Waals surface area (Å²) in [6.45, 7) is 0.516. The molecular weight excluding hydrogens is 366 g/mol. The zero-order chi connectivity index (χ0) is 20.4. The van der Waals surface area contributed by atoms with E-state index in [2.05, 4.69) is 15.4 Å². The quantitative estimate of drug-likeness (QED) is 0.702. The van der Waals surface area contributed by atoms with Gasteiger partial charge in [-0.05, 0) is 36.5 Å². The van der Waals surface area contributed by atoms with Crippen molar-refractivity contribution in [3.63, 3.8) is 0 Å². The Balaban J connectivity index is 1.42. The molecule has 4 rings (SSSR count). The second kappa shape index (κ2) is 7.87. The number of hydrogen-bond acceptors (Lipinski definition) is 4. The van der Waals surface area contributed by atoms with Crippen LogP contribution in [0.5, 0.6) is 0 Å². The number of aryl methyl sites for hydroxylation is 1. The highest BCUT2D eigenvalue weighted by Crippen LogP contribution is 2.41. The maximum atomic E-state index is 12.7. The monoisotopic (exact) mass is 389 g/mol. The number of nitrogens with zero attached hydrogens (tertiary/aromatic N) is 4. The number of carbonyl (C=O) groups excluding carboxylic acids is 2. The number of anilines is 1. The largest absolute Gasteiger partial charge is 0.337 e. The highest BCUT2D eigenvalue weighted by molar-refractivity contribution is 6.04. The summed E-state index contributed by atoms with van der Waals surface area (Å²) in [5.41, 5.74) is 3.08. The van der Waals surface area contributed by atoms with Crippen LogP contribution in [0.2, 0.25) is 0 Å². The molecule has 1 N–H and O–H groups in total. The van der Waals surface area contributed by atoms with Crippen molar-refractivity contribution in [3.05, 3.63) is 77.2 Å². The molecule has 0 saturated heterocycles. The Morgan fingerprint density at radius 1 is 1.14 bits per heavy atom. The van der Waals surface area contributed by atoms with Crippen LogP contribution in [0.3, 0.4) is 0 Å². The van der Waals surface area contributed by atoms with Gasteiger partial charge in [-0.25, -0.2) is 4.98 Å². The third-order valence-electron chi connectivity index (χ3n) is 5.06. The van der Waals surface area contributed by atoms with Crippen LogP contribution in [0.25, 0.3) is 0 Å². The summed E-state index contributed by atoms with van der Waals surface area (Å²) in [5, 5.41) is 7.02. The third kappa shape index (κ3) is 4.18. The van der Waals surface area contributed by atoms with Gasteiger partial charge in [-0.2, -0.15) is 5.10 Å². The van der Waals surface area contributed by atoms with Crippen LogP contribution >= 0.6 is 0 Å². The van der Waals surface area contributed by atoms with Gasteiger partial charge in [0.15, 0.2) is 0 Å². The van der Waals surface area contributed by atoms with Crippen LogP contribution < -0.4 is 5.32 Å². The van der Waals surface area contributed by atoms with E-state index in [1.807, 2.05) is 30.3 Å². The highest BCUT2D eigenvalue weighted by Gasteiger charge is 2.31. The second-order valence-corrected chi connectivity index (χ2v) is 7.38. The van der Waals surface area contributed by atoms with Crippen molar-refractivity contribution in [3.8, 4) is 0 Å². The number of aromatic nitrogens is 3. The van der Waals surface area contributed by atoms with Crippen LogP contribution in [0, 0.1) is 0 Å². The maximum absolute atomic E-state index is 12.7. The Morgan fingerprint density at radius 2 is 1.90 bits per heavy atom. The van der Waals surface area contributed by atoms with Gasteiger partial charge in [0.2, 0.25) is 0 Å². The number of rotatable bonds is 6. The fourth-order valence-electron chi connectivity index (χ4n) is 3.34. The van der Waals surface area contributed by atoms with Crippen molar-refractivity contribution in [2.24, 2.45) is 7.05 Å². The van der Waals surface area contributed by atoms with Gasteiger partial charge in [0.05, 0.1) is 11.8 Å². The minimum Gasteiger partial charge on any atom is -0.337 e. The van der Waals surface area contributed by atoms with Crippen molar-refractivity contribution < 1.29 is 9.59 Å². The zero-order valence-electron chi connectivity index (χ0n) is 16.5. The molecule has 2 amide bonds. The van der Waals surface area contributed by atoms with E-state index in [0.717, 1.165) is 24.0 Å². The molecule has 1 saturated carbocycles. The average molecular weight is 389 g/mol. The van der Waals surface area contributed by atoms with Crippen molar-refractivity contribution in [1.82, 2.24) is 19.7 Å². The first-order valence-corrected chi connectivity index (χ1v) is 9.61. The lowest BCUT2D eigenvalue weighted by Crippen LogP contribution is -2.26. The normalized spacial score (nSPS) is 13.2. The lowest BCUT2D eigenvalue weighted by Gasteiger charge is -2.17. The zero-order valence-corrected chi connectivity index (χ0v) is 16.5. The maximum Gasteiger partial charge on any atom is 0.275 e. The molecule has 0 aliphatic heterocycles. The van der Waals surface area contributed by atoms with E-state index < -0.39 is 0 Å². The number of carbonyl (C=O) groups is 2. The van der Waals surface area contributed by atoms with Crippen LogP contribution in [0.4, 0.5) is 5.82 Å². The topological polar surface area (TPSA) is 80.1 Å². The molecule has 1 fully saturated rings. The molecule has 0 atom stereocenters. The van der Waals surface area contributed by atoms with Gasteiger partial charge in [-0.3, -0.25) is 14.3 Å². The predicted molar refractivity (Wildman–Crippen MR) is 110 cm³/mol. The molecule has 148 valence electrons. The lowest BCUT2D eigenvalue weighted by atomic mass is 10.1. The Morgan fingerprint density at radius 3 is 2.55 bits per heavy atom. The van der Waals surface area contributed by atoms with Gasteiger partial charge in [-0.1, -0.05) is 30.3 Å². The van der Waals surface area contributed by atoms with Crippen LogP contribution in [0.1, 0.15) is 50.7 Å². The Bertz CT molecular complexity index is 1020. The van der Waals surface area contributed by atoms with Gasteiger partial charge in [0.25, 0.3) is 11.8 Å². The van der Waals surface area contributed by atoms with Gasteiger partial charge in [0.1, 0.15) is 11.5 Å². The van der Waals surface area contributed by atoms with Crippen molar-refractivity contribution >= 4 is 17.6 Å². The number of amides is 2. The van der Waals surface area contributed by atoms with Crippen LogP contribution in [-0.2, 0) is 13.6 Å².